The normalized spacial score (nSPS) is 15.2. The molecule has 0 fully saturated rings. The fraction of sp³-hybridized carbons (Fsp3) is 1.00. The highest BCUT2D eigenvalue weighted by Crippen LogP contribution is 2.33. The van der Waals surface area contributed by atoms with Crippen LogP contribution >= 0.6 is 17.2 Å². The minimum absolute atomic E-state index is 0.109. The largest absolute Gasteiger partial charge is 0.372 e. The van der Waals surface area contributed by atoms with E-state index in [0.29, 0.717) is 6.54 Å². The molecule has 8 heteroatoms. The minimum atomic E-state index is -0.118. The maximum atomic E-state index is 6.57. The van der Waals surface area contributed by atoms with E-state index < -0.39 is 0 Å². The first-order valence-electron chi connectivity index (χ1n) is 14.3. The lowest BCUT2D eigenvalue weighted by Crippen LogP contribution is -2.39. The summed E-state index contributed by atoms with van der Waals surface area (Å²) in [5.41, 5.74) is 5.96. The van der Waals surface area contributed by atoms with Gasteiger partial charge in [-0.05, 0) is 120 Å². The standard InChI is InChI=1S/C28H61NO5P2/c1-21(2)30-26(31-22(3)4)11-17-35-19-14-28(13-16-29,34-25(9)10)15-20-36-18-12-27(32-23(5)6)33-24(7)8/h21-27,35-36H,11-20,29H2,1-10H3. The Bertz CT molecular complexity index is 452. The van der Waals surface area contributed by atoms with Crippen molar-refractivity contribution in [3.05, 3.63) is 0 Å². The minimum Gasteiger partial charge on any atom is -0.372 e. The summed E-state index contributed by atoms with van der Waals surface area (Å²) in [6, 6.07) is 0. The van der Waals surface area contributed by atoms with Crippen molar-refractivity contribution >= 4 is 17.2 Å². The predicted molar refractivity (Wildman–Crippen MR) is 160 cm³/mol. The highest BCUT2D eigenvalue weighted by Gasteiger charge is 2.30. The number of nitrogens with two attached hydrogens (primary N) is 1. The monoisotopic (exact) mass is 553 g/mol. The molecule has 0 amide bonds. The molecule has 0 aromatic heterocycles. The highest BCUT2D eigenvalue weighted by molar-refractivity contribution is 7.38. The molecule has 2 atom stereocenters. The lowest BCUT2D eigenvalue weighted by molar-refractivity contribution is -0.181. The van der Waals surface area contributed by atoms with Crippen LogP contribution in [-0.2, 0) is 23.7 Å². The zero-order chi connectivity index (χ0) is 27.6. The van der Waals surface area contributed by atoms with Crippen LogP contribution in [0.5, 0.6) is 0 Å². The van der Waals surface area contributed by atoms with Gasteiger partial charge in [0.25, 0.3) is 0 Å². The molecule has 0 saturated carbocycles. The summed E-state index contributed by atoms with van der Waals surface area (Å²) >= 11 is 0. The molecule has 0 aromatic rings. The average Bonchev–Trinajstić information content (AvgIpc) is 2.71. The Labute approximate surface area is 227 Å². The van der Waals surface area contributed by atoms with Gasteiger partial charge in [-0.3, -0.25) is 0 Å². The fourth-order valence-electron chi connectivity index (χ4n) is 4.19. The molecule has 0 radical (unpaired) electrons. The molecule has 0 saturated heterocycles. The summed E-state index contributed by atoms with van der Waals surface area (Å²) in [6.07, 6.45) is 10.2. The maximum absolute atomic E-state index is 6.57. The molecular formula is C28H61NO5P2. The van der Waals surface area contributed by atoms with Crippen molar-refractivity contribution in [3.63, 3.8) is 0 Å². The van der Waals surface area contributed by atoms with Crippen molar-refractivity contribution < 1.29 is 23.7 Å². The van der Waals surface area contributed by atoms with Gasteiger partial charge < -0.3 is 29.4 Å². The molecule has 0 aliphatic rings. The number of rotatable bonds is 24. The molecule has 6 nitrogen and oxygen atoms in total. The van der Waals surface area contributed by atoms with E-state index >= 15 is 0 Å². The molecule has 0 rings (SSSR count). The first kappa shape index (κ1) is 36.6. The van der Waals surface area contributed by atoms with Crippen LogP contribution in [0.2, 0.25) is 0 Å². The molecule has 0 aromatic carbocycles. The van der Waals surface area contributed by atoms with Crippen LogP contribution < -0.4 is 5.73 Å². The summed E-state index contributed by atoms with van der Waals surface area (Å²) in [5, 5.41) is 0. The van der Waals surface area contributed by atoms with Crippen molar-refractivity contribution in [2.45, 2.75) is 150 Å². The van der Waals surface area contributed by atoms with E-state index in [0.717, 1.165) is 61.6 Å². The van der Waals surface area contributed by atoms with E-state index in [-0.39, 0.29) is 48.7 Å². The van der Waals surface area contributed by atoms with Gasteiger partial charge in [0.1, 0.15) is 0 Å². The van der Waals surface area contributed by atoms with E-state index in [1.807, 2.05) is 0 Å². The topological polar surface area (TPSA) is 72.2 Å². The molecule has 218 valence electrons. The van der Waals surface area contributed by atoms with Crippen molar-refractivity contribution in [3.8, 4) is 0 Å². The molecule has 0 heterocycles. The van der Waals surface area contributed by atoms with Crippen LogP contribution in [0.1, 0.15) is 101 Å². The highest BCUT2D eigenvalue weighted by atomic mass is 31.1. The summed E-state index contributed by atoms with van der Waals surface area (Å²) in [7, 11) is 1.76. The second-order valence-electron chi connectivity index (χ2n) is 11.1. The van der Waals surface area contributed by atoms with E-state index in [4.69, 9.17) is 29.4 Å². The van der Waals surface area contributed by atoms with Gasteiger partial charge in [0.05, 0.1) is 36.1 Å². The third-order valence-electron chi connectivity index (χ3n) is 5.41. The first-order valence-corrected chi connectivity index (χ1v) is 17.1. The van der Waals surface area contributed by atoms with E-state index in [1.165, 1.54) is 12.3 Å². The molecule has 2 N–H and O–H groups in total. The Morgan fingerprint density at radius 2 is 0.889 bits per heavy atom. The van der Waals surface area contributed by atoms with Crippen molar-refractivity contribution in [2.24, 2.45) is 5.73 Å². The van der Waals surface area contributed by atoms with Crippen molar-refractivity contribution in [1.82, 2.24) is 0 Å². The molecular weight excluding hydrogens is 492 g/mol. The molecule has 0 bridgehead atoms. The SMILES string of the molecule is CC(C)OC(CCPCCC(CCN)(CCPCCC(OC(C)C)OC(C)C)OC(C)C)OC(C)C. The van der Waals surface area contributed by atoms with Crippen LogP contribution in [0.4, 0.5) is 0 Å². The van der Waals surface area contributed by atoms with Crippen LogP contribution in [0.3, 0.4) is 0 Å². The third-order valence-corrected chi connectivity index (χ3v) is 7.90. The number of ether oxygens (including phenoxy) is 5. The Hall–Kier alpha value is 0.620. The van der Waals surface area contributed by atoms with Crippen LogP contribution in [0, 0.1) is 0 Å². The van der Waals surface area contributed by atoms with Gasteiger partial charge in [-0.1, -0.05) is 0 Å². The zero-order valence-electron chi connectivity index (χ0n) is 25.2. The summed E-state index contributed by atoms with van der Waals surface area (Å²) in [6.45, 7) is 21.5. The van der Waals surface area contributed by atoms with Crippen molar-refractivity contribution in [2.75, 3.05) is 31.2 Å². The fourth-order valence-corrected chi connectivity index (χ4v) is 6.83. The van der Waals surface area contributed by atoms with Gasteiger partial charge in [-0.25, -0.2) is 0 Å². The van der Waals surface area contributed by atoms with Gasteiger partial charge in [0, 0.05) is 12.8 Å². The second kappa shape index (κ2) is 21.4. The van der Waals surface area contributed by atoms with E-state index in [1.54, 1.807) is 0 Å². The Morgan fingerprint density at radius 3 is 1.17 bits per heavy atom. The van der Waals surface area contributed by atoms with Gasteiger partial charge in [-0.2, -0.15) is 0 Å². The quantitative estimate of drug-likeness (QED) is 0.0808. The lowest BCUT2D eigenvalue weighted by Gasteiger charge is -2.36. The number of hydrogen-bond donors (Lipinski definition) is 1. The molecule has 36 heavy (non-hydrogen) atoms. The lowest BCUT2D eigenvalue weighted by atomic mass is 9.92. The van der Waals surface area contributed by atoms with Gasteiger partial charge in [-0.15, -0.1) is 17.2 Å². The predicted octanol–water partition coefficient (Wildman–Crippen LogP) is 6.77. The Morgan fingerprint density at radius 1 is 0.528 bits per heavy atom. The van der Waals surface area contributed by atoms with Crippen LogP contribution in [0.25, 0.3) is 0 Å². The van der Waals surface area contributed by atoms with E-state index in [2.05, 4.69) is 69.2 Å². The summed E-state index contributed by atoms with van der Waals surface area (Å²) in [5.74, 6) is 0. The van der Waals surface area contributed by atoms with Crippen LogP contribution in [-0.4, -0.2) is 79.9 Å². The van der Waals surface area contributed by atoms with Gasteiger partial charge in [0.15, 0.2) is 12.6 Å². The van der Waals surface area contributed by atoms with Gasteiger partial charge in [0.2, 0.25) is 0 Å². The zero-order valence-corrected chi connectivity index (χ0v) is 27.2. The molecule has 0 aliphatic carbocycles. The molecule has 0 aliphatic heterocycles. The summed E-state index contributed by atoms with van der Waals surface area (Å²) < 4.78 is 30.4. The third kappa shape index (κ3) is 20.6. The number of hydrogen-bond acceptors (Lipinski definition) is 6. The molecule has 0 spiro atoms. The summed E-state index contributed by atoms with van der Waals surface area (Å²) in [4.78, 5) is 0. The second-order valence-corrected chi connectivity index (χ2v) is 14.1. The Kier molecular flexibility index (Phi) is 21.8. The Balaban J connectivity index is 4.72. The molecule has 2 unspecified atom stereocenters. The van der Waals surface area contributed by atoms with E-state index in [9.17, 15) is 0 Å². The smallest absolute Gasteiger partial charge is 0.158 e. The average molecular weight is 554 g/mol. The van der Waals surface area contributed by atoms with Gasteiger partial charge >= 0.3 is 0 Å². The van der Waals surface area contributed by atoms with Crippen molar-refractivity contribution in [1.29, 1.82) is 0 Å². The first-order chi connectivity index (χ1) is 16.9. The maximum Gasteiger partial charge on any atom is 0.158 e. The van der Waals surface area contributed by atoms with Crippen LogP contribution in [0.15, 0.2) is 0 Å².